The van der Waals surface area contributed by atoms with Gasteiger partial charge in [-0.2, -0.15) is 0 Å². The number of benzene rings is 1. The van der Waals surface area contributed by atoms with Crippen molar-refractivity contribution in [3.63, 3.8) is 0 Å². The summed E-state index contributed by atoms with van der Waals surface area (Å²) in [5.74, 6) is 0. The molecule has 0 N–H and O–H groups in total. The molecule has 0 aliphatic heterocycles. The van der Waals surface area contributed by atoms with Crippen molar-refractivity contribution < 1.29 is 12.9 Å². The summed E-state index contributed by atoms with van der Waals surface area (Å²) < 4.78 is 27.4. The molecular weight excluding hydrogens is 318 g/mol. The quantitative estimate of drug-likeness (QED) is 0.797. The van der Waals surface area contributed by atoms with Crippen LogP contribution in [0.15, 0.2) is 44.4 Å². The van der Waals surface area contributed by atoms with Gasteiger partial charge in [-0.3, -0.25) is 0 Å². The molecule has 0 saturated carbocycles. The van der Waals surface area contributed by atoms with Gasteiger partial charge in [0.05, 0.1) is 0 Å². The van der Waals surface area contributed by atoms with Crippen LogP contribution < -0.4 is 0 Å². The second-order valence-corrected chi connectivity index (χ2v) is 6.39. The summed E-state index contributed by atoms with van der Waals surface area (Å²) in [6, 6.07) is 8.52. The first-order valence-electron chi connectivity index (χ1n) is 4.14. The Bertz CT molecular complexity index is 623. The molecule has 0 aliphatic rings. The van der Waals surface area contributed by atoms with Gasteiger partial charge < -0.3 is 4.52 Å². The Kier molecular flexibility index (Phi) is 3.05. The Morgan fingerprint density at radius 1 is 1.31 bits per heavy atom. The Balaban J connectivity index is 2.47. The Morgan fingerprint density at radius 2 is 2.06 bits per heavy atom. The highest BCUT2D eigenvalue weighted by Crippen LogP contribution is 2.25. The van der Waals surface area contributed by atoms with Gasteiger partial charge in [0, 0.05) is 26.8 Å². The van der Waals surface area contributed by atoms with Crippen LogP contribution in [-0.2, 0) is 9.05 Å². The average molecular weight is 323 g/mol. The molecule has 0 bridgehead atoms. The zero-order chi connectivity index (χ0) is 11.8. The highest BCUT2D eigenvalue weighted by Gasteiger charge is 2.17. The van der Waals surface area contributed by atoms with Gasteiger partial charge >= 0.3 is 0 Å². The smallest absolute Gasteiger partial charge is 0.297 e. The van der Waals surface area contributed by atoms with Crippen molar-refractivity contribution >= 4 is 35.7 Å². The number of hydrogen-bond donors (Lipinski definition) is 0. The third-order valence-corrected chi connectivity index (χ3v) is 3.47. The minimum absolute atomic E-state index is 0.357. The topological polar surface area (TPSA) is 60.2 Å². The Hall–Kier alpha value is -0.850. The maximum Gasteiger partial charge on any atom is 0.297 e. The molecule has 0 radical (unpaired) electrons. The number of rotatable bonds is 2. The molecule has 84 valence electrons. The molecule has 0 spiro atoms. The summed E-state index contributed by atoms with van der Waals surface area (Å²) in [5, 5.41) is 3.28. The summed E-state index contributed by atoms with van der Waals surface area (Å²) in [6.07, 6.45) is 0. The van der Waals surface area contributed by atoms with Crippen LogP contribution in [0.25, 0.3) is 11.3 Å². The van der Waals surface area contributed by atoms with Gasteiger partial charge in [-0.15, -0.1) is 0 Å². The largest absolute Gasteiger partial charge is 0.343 e. The number of aromatic nitrogens is 1. The van der Waals surface area contributed by atoms with E-state index in [1.165, 1.54) is 6.07 Å². The SMILES string of the molecule is O=S(=O)(Cl)c1cc(-c2cccc(Br)c2)no1. The highest BCUT2D eigenvalue weighted by atomic mass is 79.9. The van der Waals surface area contributed by atoms with Crippen LogP contribution in [0.2, 0.25) is 0 Å². The number of halogens is 2. The summed E-state index contributed by atoms with van der Waals surface area (Å²) in [7, 11) is 1.25. The normalized spacial score (nSPS) is 11.6. The van der Waals surface area contributed by atoms with Crippen molar-refractivity contribution in [1.29, 1.82) is 0 Å². The highest BCUT2D eigenvalue weighted by molar-refractivity contribution is 9.10. The van der Waals surface area contributed by atoms with Crippen LogP contribution in [0.4, 0.5) is 0 Å². The van der Waals surface area contributed by atoms with E-state index < -0.39 is 9.05 Å². The fraction of sp³-hybridized carbons (Fsp3) is 0. The van der Waals surface area contributed by atoms with Gasteiger partial charge in [0.1, 0.15) is 5.69 Å². The van der Waals surface area contributed by atoms with Crippen LogP contribution in [-0.4, -0.2) is 13.6 Å². The molecule has 1 aromatic carbocycles. The van der Waals surface area contributed by atoms with Crippen molar-refractivity contribution in [2.45, 2.75) is 5.09 Å². The van der Waals surface area contributed by atoms with E-state index in [0.29, 0.717) is 5.69 Å². The summed E-state index contributed by atoms with van der Waals surface area (Å²) in [4.78, 5) is 0. The van der Waals surface area contributed by atoms with E-state index in [9.17, 15) is 8.42 Å². The predicted molar refractivity (Wildman–Crippen MR) is 62.7 cm³/mol. The second-order valence-electron chi connectivity index (χ2n) is 2.98. The standard InChI is InChI=1S/C9H5BrClNO3S/c10-7-3-1-2-6(4-7)8-5-9(15-12-8)16(11,13)14/h1-5H. The van der Waals surface area contributed by atoms with E-state index in [1.807, 2.05) is 12.1 Å². The summed E-state index contributed by atoms with van der Waals surface area (Å²) >= 11 is 3.30. The Labute approximate surface area is 105 Å². The second kappa shape index (κ2) is 4.20. The van der Waals surface area contributed by atoms with E-state index in [4.69, 9.17) is 10.7 Å². The molecule has 4 nitrogen and oxygen atoms in total. The maximum absolute atomic E-state index is 11.0. The van der Waals surface area contributed by atoms with Crippen LogP contribution in [0.1, 0.15) is 0 Å². The fourth-order valence-corrected chi connectivity index (χ4v) is 2.15. The van der Waals surface area contributed by atoms with Gasteiger partial charge in [0.15, 0.2) is 0 Å². The molecule has 0 saturated heterocycles. The number of hydrogen-bond acceptors (Lipinski definition) is 4. The van der Waals surface area contributed by atoms with Crippen molar-refractivity contribution in [3.05, 3.63) is 34.8 Å². The average Bonchev–Trinajstić information content (AvgIpc) is 2.65. The lowest BCUT2D eigenvalue weighted by atomic mass is 10.2. The molecule has 2 rings (SSSR count). The minimum atomic E-state index is -3.87. The monoisotopic (exact) mass is 321 g/mol. The van der Waals surface area contributed by atoms with Gasteiger partial charge in [0.25, 0.3) is 14.1 Å². The van der Waals surface area contributed by atoms with Gasteiger partial charge in [-0.25, -0.2) is 8.42 Å². The number of nitrogens with zero attached hydrogens (tertiary/aromatic N) is 1. The molecule has 0 fully saturated rings. The molecule has 0 atom stereocenters. The first-order chi connectivity index (χ1) is 7.47. The maximum atomic E-state index is 11.0. The molecular formula is C9H5BrClNO3S. The lowest BCUT2D eigenvalue weighted by molar-refractivity contribution is 0.343. The predicted octanol–water partition coefficient (Wildman–Crippen LogP) is 3.03. The molecule has 16 heavy (non-hydrogen) atoms. The first-order valence-corrected chi connectivity index (χ1v) is 7.24. The summed E-state index contributed by atoms with van der Waals surface area (Å²) in [5.41, 5.74) is 1.16. The molecule has 7 heteroatoms. The van der Waals surface area contributed by atoms with Crippen LogP contribution in [0.5, 0.6) is 0 Å². The van der Waals surface area contributed by atoms with Crippen molar-refractivity contribution in [2.75, 3.05) is 0 Å². The van der Waals surface area contributed by atoms with Crippen molar-refractivity contribution in [2.24, 2.45) is 0 Å². The molecule has 0 amide bonds. The van der Waals surface area contributed by atoms with E-state index >= 15 is 0 Å². The molecule has 0 unspecified atom stereocenters. The third kappa shape index (κ3) is 2.45. The molecule has 1 aromatic heterocycles. The van der Waals surface area contributed by atoms with E-state index in [-0.39, 0.29) is 5.09 Å². The van der Waals surface area contributed by atoms with Crippen molar-refractivity contribution in [1.82, 2.24) is 5.16 Å². The Morgan fingerprint density at radius 3 is 2.62 bits per heavy atom. The van der Waals surface area contributed by atoms with Gasteiger partial charge in [0.2, 0.25) is 0 Å². The van der Waals surface area contributed by atoms with E-state index in [0.717, 1.165) is 10.0 Å². The van der Waals surface area contributed by atoms with E-state index in [2.05, 4.69) is 25.6 Å². The third-order valence-electron chi connectivity index (χ3n) is 1.85. The molecule has 0 aliphatic carbocycles. The zero-order valence-corrected chi connectivity index (χ0v) is 10.9. The van der Waals surface area contributed by atoms with Crippen LogP contribution in [0.3, 0.4) is 0 Å². The van der Waals surface area contributed by atoms with Crippen LogP contribution in [0, 0.1) is 0 Å². The van der Waals surface area contributed by atoms with Crippen molar-refractivity contribution in [3.8, 4) is 11.3 Å². The summed E-state index contributed by atoms with van der Waals surface area (Å²) in [6.45, 7) is 0. The molecule has 2 aromatic rings. The van der Waals surface area contributed by atoms with E-state index in [1.54, 1.807) is 12.1 Å². The fourth-order valence-electron chi connectivity index (χ4n) is 1.16. The van der Waals surface area contributed by atoms with Gasteiger partial charge in [-0.1, -0.05) is 33.2 Å². The molecule has 1 heterocycles. The van der Waals surface area contributed by atoms with Crippen LogP contribution >= 0.6 is 26.6 Å². The zero-order valence-electron chi connectivity index (χ0n) is 7.72. The lowest BCUT2D eigenvalue weighted by Crippen LogP contribution is -1.85. The van der Waals surface area contributed by atoms with Gasteiger partial charge in [-0.05, 0) is 12.1 Å². The minimum Gasteiger partial charge on any atom is -0.343 e. The first kappa shape index (κ1) is 11.6. The lowest BCUT2D eigenvalue weighted by Gasteiger charge is -1.94.